The van der Waals surface area contributed by atoms with Gasteiger partial charge in [0.1, 0.15) is 0 Å². The van der Waals surface area contributed by atoms with Crippen LogP contribution in [0.5, 0.6) is 0 Å². The second-order valence-electron chi connectivity index (χ2n) is 6.80. The Bertz CT molecular complexity index is 1060. The van der Waals surface area contributed by atoms with E-state index in [2.05, 4.69) is 15.3 Å². The molecule has 0 spiro atoms. The molecule has 3 heterocycles. The summed E-state index contributed by atoms with van der Waals surface area (Å²) < 4.78 is 6.96. The molecule has 0 bridgehead atoms. The zero-order valence-corrected chi connectivity index (χ0v) is 15.4. The van der Waals surface area contributed by atoms with Crippen molar-refractivity contribution in [3.8, 4) is 5.69 Å². The summed E-state index contributed by atoms with van der Waals surface area (Å²) in [6.45, 7) is 3.78. The van der Waals surface area contributed by atoms with Crippen LogP contribution in [0.1, 0.15) is 23.1 Å². The second-order valence-corrected chi connectivity index (χ2v) is 6.80. The van der Waals surface area contributed by atoms with Gasteiger partial charge in [0.05, 0.1) is 29.5 Å². The van der Waals surface area contributed by atoms with Gasteiger partial charge < -0.3 is 14.7 Å². The van der Waals surface area contributed by atoms with Crippen molar-refractivity contribution >= 4 is 22.8 Å². The molecular weight excluding hydrogens is 362 g/mol. The van der Waals surface area contributed by atoms with Gasteiger partial charge in [0.25, 0.3) is 5.91 Å². The van der Waals surface area contributed by atoms with Gasteiger partial charge in [-0.3, -0.25) is 9.78 Å². The van der Waals surface area contributed by atoms with E-state index in [0.717, 1.165) is 16.6 Å². The molecule has 0 saturated carbocycles. The third kappa shape index (κ3) is 3.20. The molecule has 1 aromatic carbocycles. The lowest BCUT2D eigenvalue weighted by molar-refractivity contribution is -0.160. The maximum atomic E-state index is 12.9. The zero-order valence-electron chi connectivity index (χ0n) is 15.4. The SMILES string of the molecule is Cc1c(C(=O)N2CC(C(=O)O)O[C@H](C)C2)nnn1-c1ccc2ncccc2c1. The monoisotopic (exact) mass is 381 g/mol. The first-order valence-corrected chi connectivity index (χ1v) is 8.89. The number of ether oxygens (including phenoxy) is 1. The summed E-state index contributed by atoms with van der Waals surface area (Å²) in [5.41, 5.74) is 2.41. The number of benzene rings is 1. The maximum Gasteiger partial charge on any atom is 0.334 e. The predicted octanol–water partition coefficient (Wildman–Crippen LogP) is 1.44. The molecule has 144 valence electrons. The molecule has 1 amide bonds. The van der Waals surface area contributed by atoms with E-state index in [1.807, 2.05) is 30.3 Å². The third-order valence-electron chi connectivity index (χ3n) is 4.75. The van der Waals surface area contributed by atoms with Gasteiger partial charge in [0.15, 0.2) is 11.8 Å². The summed E-state index contributed by atoms with van der Waals surface area (Å²) in [7, 11) is 0. The highest BCUT2D eigenvalue weighted by Crippen LogP contribution is 2.20. The number of nitrogens with zero attached hydrogens (tertiary/aromatic N) is 5. The molecule has 2 atom stereocenters. The lowest BCUT2D eigenvalue weighted by Crippen LogP contribution is -2.52. The Morgan fingerprint density at radius 1 is 1.25 bits per heavy atom. The van der Waals surface area contributed by atoms with E-state index in [4.69, 9.17) is 4.74 Å². The van der Waals surface area contributed by atoms with Crippen LogP contribution in [-0.2, 0) is 9.53 Å². The van der Waals surface area contributed by atoms with Crippen molar-refractivity contribution in [3.05, 3.63) is 47.9 Å². The van der Waals surface area contributed by atoms with Crippen molar-refractivity contribution in [2.75, 3.05) is 13.1 Å². The van der Waals surface area contributed by atoms with Crippen LogP contribution in [0.4, 0.5) is 0 Å². The van der Waals surface area contributed by atoms with Crippen LogP contribution < -0.4 is 0 Å². The Morgan fingerprint density at radius 2 is 2.07 bits per heavy atom. The van der Waals surface area contributed by atoms with E-state index in [9.17, 15) is 14.7 Å². The van der Waals surface area contributed by atoms with Gasteiger partial charge in [0, 0.05) is 18.1 Å². The number of carbonyl (C=O) groups excluding carboxylic acids is 1. The summed E-state index contributed by atoms with van der Waals surface area (Å²) >= 11 is 0. The minimum Gasteiger partial charge on any atom is -0.479 e. The second kappa shape index (κ2) is 7.01. The number of hydrogen-bond acceptors (Lipinski definition) is 6. The molecule has 1 aliphatic heterocycles. The molecule has 3 aromatic rings. The van der Waals surface area contributed by atoms with Gasteiger partial charge in [-0.25, -0.2) is 9.48 Å². The van der Waals surface area contributed by atoms with Crippen molar-refractivity contribution in [1.29, 1.82) is 0 Å². The van der Waals surface area contributed by atoms with E-state index in [1.165, 1.54) is 4.90 Å². The first-order valence-electron chi connectivity index (χ1n) is 8.89. The van der Waals surface area contributed by atoms with Crippen molar-refractivity contribution < 1.29 is 19.4 Å². The topological polar surface area (TPSA) is 110 Å². The fourth-order valence-corrected chi connectivity index (χ4v) is 3.37. The molecule has 9 heteroatoms. The normalized spacial score (nSPS) is 19.7. The number of aliphatic carboxylic acids is 1. The van der Waals surface area contributed by atoms with Crippen molar-refractivity contribution in [2.24, 2.45) is 0 Å². The predicted molar refractivity (Wildman–Crippen MR) is 99.3 cm³/mol. The van der Waals surface area contributed by atoms with Crippen LogP contribution in [-0.4, -0.2) is 67.2 Å². The Kier molecular flexibility index (Phi) is 4.52. The summed E-state index contributed by atoms with van der Waals surface area (Å²) in [6, 6.07) is 9.48. The Labute approximate surface area is 160 Å². The van der Waals surface area contributed by atoms with Crippen molar-refractivity contribution in [1.82, 2.24) is 24.9 Å². The van der Waals surface area contributed by atoms with Gasteiger partial charge in [0.2, 0.25) is 0 Å². The number of pyridine rings is 1. The highest BCUT2D eigenvalue weighted by molar-refractivity contribution is 5.94. The van der Waals surface area contributed by atoms with Gasteiger partial charge in [-0.15, -0.1) is 5.10 Å². The summed E-state index contributed by atoms with van der Waals surface area (Å²) in [4.78, 5) is 30.0. The fourth-order valence-electron chi connectivity index (χ4n) is 3.37. The quantitative estimate of drug-likeness (QED) is 0.731. The molecule has 0 aliphatic carbocycles. The van der Waals surface area contributed by atoms with E-state index < -0.39 is 12.1 Å². The smallest absolute Gasteiger partial charge is 0.334 e. The molecule has 9 nitrogen and oxygen atoms in total. The molecule has 1 aliphatic rings. The lowest BCUT2D eigenvalue weighted by atomic mass is 10.2. The standard InChI is InChI=1S/C19H19N5O4/c1-11-9-23(10-16(28-11)19(26)27)18(25)17-12(2)24(22-21-17)14-5-6-15-13(8-14)4-3-7-20-15/h3-8,11,16H,9-10H2,1-2H3,(H,26,27)/t11-,16?/m1/s1. The lowest BCUT2D eigenvalue weighted by Gasteiger charge is -2.34. The number of carbonyl (C=O) groups is 2. The average molecular weight is 381 g/mol. The van der Waals surface area contributed by atoms with Crippen LogP contribution >= 0.6 is 0 Å². The molecule has 2 aromatic heterocycles. The molecule has 4 rings (SSSR count). The van der Waals surface area contributed by atoms with Crippen LogP contribution in [0.25, 0.3) is 16.6 Å². The van der Waals surface area contributed by atoms with Gasteiger partial charge in [-0.2, -0.15) is 0 Å². The third-order valence-corrected chi connectivity index (χ3v) is 4.75. The van der Waals surface area contributed by atoms with Crippen molar-refractivity contribution in [2.45, 2.75) is 26.1 Å². The zero-order chi connectivity index (χ0) is 19.8. The number of morpholine rings is 1. The molecule has 1 unspecified atom stereocenters. The molecule has 0 radical (unpaired) electrons. The summed E-state index contributed by atoms with van der Waals surface area (Å²) in [6.07, 6.45) is 0.311. The van der Waals surface area contributed by atoms with E-state index >= 15 is 0 Å². The first-order chi connectivity index (χ1) is 13.4. The van der Waals surface area contributed by atoms with Crippen molar-refractivity contribution in [3.63, 3.8) is 0 Å². The Hall–Kier alpha value is -3.33. The van der Waals surface area contributed by atoms with Crippen LogP contribution in [0.2, 0.25) is 0 Å². The number of aromatic nitrogens is 4. The number of carboxylic acid groups (broad SMARTS) is 1. The Balaban J connectivity index is 1.64. The van der Waals surface area contributed by atoms with Gasteiger partial charge in [-0.05, 0) is 38.1 Å². The minimum atomic E-state index is -1.09. The number of hydrogen-bond donors (Lipinski definition) is 1. The van der Waals surface area contributed by atoms with Crippen LogP contribution in [0.15, 0.2) is 36.5 Å². The highest BCUT2D eigenvalue weighted by atomic mass is 16.5. The van der Waals surface area contributed by atoms with E-state index in [-0.39, 0.29) is 24.2 Å². The van der Waals surface area contributed by atoms with Crippen LogP contribution in [0.3, 0.4) is 0 Å². The fraction of sp³-hybridized carbons (Fsp3) is 0.316. The first kappa shape index (κ1) is 18.1. The van der Waals surface area contributed by atoms with Crippen LogP contribution in [0, 0.1) is 6.92 Å². The molecule has 1 fully saturated rings. The molecular formula is C19H19N5O4. The highest BCUT2D eigenvalue weighted by Gasteiger charge is 2.34. The number of fused-ring (bicyclic) bond motifs is 1. The summed E-state index contributed by atoms with van der Waals surface area (Å²) in [5.74, 6) is -1.44. The maximum absolute atomic E-state index is 12.9. The van der Waals surface area contributed by atoms with E-state index in [1.54, 1.807) is 24.7 Å². The van der Waals surface area contributed by atoms with Gasteiger partial charge in [-0.1, -0.05) is 11.3 Å². The minimum absolute atomic E-state index is 0.0214. The largest absolute Gasteiger partial charge is 0.479 e. The number of carboxylic acids is 1. The van der Waals surface area contributed by atoms with E-state index in [0.29, 0.717) is 12.2 Å². The summed E-state index contributed by atoms with van der Waals surface area (Å²) in [5, 5.41) is 18.4. The Morgan fingerprint density at radius 3 is 2.86 bits per heavy atom. The molecule has 1 saturated heterocycles. The van der Waals surface area contributed by atoms with Gasteiger partial charge >= 0.3 is 5.97 Å². The molecule has 1 N–H and O–H groups in total. The average Bonchev–Trinajstić information content (AvgIpc) is 3.07. The number of amides is 1. The number of rotatable bonds is 3. The molecule has 28 heavy (non-hydrogen) atoms.